The van der Waals surface area contributed by atoms with Crippen LogP contribution in [0, 0.1) is 6.92 Å². The van der Waals surface area contributed by atoms with Gasteiger partial charge in [0.2, 0.25) is 5.91 Å². The maximum Gasteiger partial charge on any atom is 0.221 e. The molecule has 1 heterocycles. The standard InChI is InChI=1S/C12H18N2OS2/c1-4-16-10-6-8(3)14-12(17-5-2)9(10)7-11(13)15/h6H,4-5,7H2,1-3H3,(H2,13,15). The molecule has 1 aromatic rings. The molecule has 0 saturated carbocycles. The molecule has 17 heavy (non-hydrogen) atoms. The fourth-order valence-electron chi connectivity index (χ4n) is 1.52. The van der Waals surface area contributed by atoms with E-state index in [1.165, 1.54) is 0 Å². The van der Waals surface area contributed by atoms with Crippen LogP contribution < -0.4 is 5.73 Å². The second-order valence-corrected chi connectivity index (χ2v) is 6.11. The summed E-state index contributed by atoms with van der Waals surface area (Å²) in [5.74, 6) is 1.62. The Kier molecular flexibility index (Phi) is 5.85. The van der Waals surface area contributed by atoms with Gasteiger partial charge in [-0.3, -0.25) is 4.79 Å². The van der Waals surface area contributed by atoms with Gasteiger partial charge in [0, 0.05) is 16.2 Å². The van der Waals surface area contributed by atoms with Crippen LogP contribution in [0.2, 0.25) is 0 Å². The molecule has 0 bridgehead atoms. The van der Waals surface area contributed by atoms with E-state index in [4.69, 9.17) is 5.73 Å². The summed E-state index contributed by atoms with van der Waals surface area (Å²) in [5, 5.41) is 0.947. The van der Waals surface area contributed by atoms with Crippen LogP contribution in [0.25, 0.3) is 0 Å². The molecular weight excluding hydrogens is 252 g/mol. The summed E-state index contributed by atoms with van der Waals surface area (Å²) in [6, 6.07) is 2.03. The van der Waals surface area contributed by atoms with Crippen LogP contribution in [0.1, 0.15) is 25.1 Å². The van der Waals surface area contributed by atoms with Gasteiger partial charge in [-0.1, -0.05) is 13.8 Å². The van der Waals surface area contributed by atoms with Gasteiger partial charge in [-0.15, -0.1) is 23.5 Å². The van der Waals surface area contributed by atoms with Gasteiger partial charge in [-0.25, -0.2) is 4.98 Å². The average molecular weight is 270 g/mol. The fraction of sp³-hybridized carbons (Fsp3) is 0.500. The smallest absolute Gasteiger partial charge is 0.221 e. The number of carbonyl (C=O) groups excluding carboxylic acids is 1. The second kappa shape index (κ2) is 6.91. The summed E-state index contributed by atoms with van der Waals surface area (Å²) in [4.78, 5) is 16.8. The van der Waals surface area contributed by atoms with Crippen LogP contribution in [-0.2, 0) is 11.2 Å². The molecule has 0 aromatic carbocycles. The summed E-state index contributed by atoms with van der Waals surface area (Å²) in [7, 11) is 0. The number of pyridine rings is 1. The highest BCUT2D eigenvalue weighted by molar-refractivity contribution is 8.00. The molecule has 3 nitrogen and oxygen atoms in total. The number of thioether (sulfide) groups is 2. The highest BCUT2D eigenvalue weighted by Gasteiger charge is 2.13. The van der Waals surface area contributed by atoms with E-state index in [0.717, 1.165) is 32.7 Å². The lowest BCUT2D eigenvalue weighted by Crippen LogP contribution is -2.15. The molecule has 0 radical (unpaired) electrons. The Morgan fingerprint density at radius 2 is 2.00 bits per heavy atom. The molecule has 0 saturated heterocycles. The van der Waals surface area contributed by atoms with Crippen molar-refractivity contribution in [3.8, 4) is 0 Å². The topological polar surface area (TPSA) is 56.0 Å². The number of nitrogens with two attached hydrogens (primary N) is 1. The van der Waals surface area contributed by atoms with Gasteiger partial charge in [-0.05, 0) is 24.5 Å². The van der Waals surface area contributed by atoms with E-state index in [1.54, 1.807) is 23.5 Å². The highest BCUT2D eigenvalue weighted by atomic mass is 32.2. The molecule has 0 spiro atoms. The molecule has 0 aliphatic carbocycles. The lowest BCUT2D eigenvalue weighted by Gasteiger charge is -2.12. The Bertz CT molecular complexity index is 380. The van der Waals surface area contributed by atoms with Crippen molar-refractivity contribution in [3.63, 3.8) is 0 Å². The Hall–Kier alpha value is -0.680. The van der Waals surface area contributed by atoms with Gasteiger partial charge < -0.3 is 5.73 Å². The van der Waals surface area contributed by atoms with Crippen LogP contribution in [0.4, 0.5) is 0 Å². The lowest BCUT2D eigenvalue weighted by atomic mass is 10.2. The summed E-state index contributed by atoms with van der Waals surface area (Å²) in [6.07, 6.45) is 0.276. The van der Waals surface area contributed by atoms with E-state index in [9.17, 15) is 4.79 Å². The SMILES string of the molecule is CCSc1cc(C)nc(SCC)c1CC(N)=O. The fourth-order valence-corrected chi connectivity index (χ4v) is 3.33. The van der Waals surface area contributed by atoms with Crippen molar-refractivity contribution in [2.24, 2.45) is 5.73 Å². The van der Waals surface area contributed by atoms with Gasteiger partial charge in [0.05, 0.1) is 6.42 Å². The van der Waals surface area contributed by atoms with Crippen molar-refractivity contribution >= 4 is 29.4 Å². The predicted octanol–water partition coefficient (Wildman–Crippen LogP) is 2.64. The first-order valence-corrected chi connectivity index (χ1v) is 7.60. The van der Waals surface area contributed by atoms with E-state index in [1.807, 2.05) is 13.0 Å². The van der Waals surface area contributed by atoms with Gasteiger partial charge >= 0.3 is 0 Å². The van der Waals surface area contributed by atoms with Crippen LogP contribution in [0.15, 0.2) is 16.0 Å². The number of amides is 1. The van der Waals surface area contributed by atoms with Crippen molar-refractivity contribution in [1.82, 2.24) is 4.98 Å². The van der Waals surface area contributed by atoms with Crippen molar-refractivity contribution in [2.75, 3.05) is 11.5 Å². The monoisotopic (exact) mass is 270 g/mol. The Balaban J connectivity index is 3.19. The number of rotatable bonds is 6. The summed E-state index contributed by atoms with van der Waals surface area (Å²) < 4.78 is 0. The number of hydrogen-bond acceptors (Lipinski definition) is 4. The molecule has 0 aliphatic rings. The van der Waals surface area contributed by atoms with Gasteiger partial charge in [-0.2, -0.15) is 0 Å². The minimum Gasteiger partial charge on any atom is -0.369 e. The molecule has 5 heteroatoms. The largest absolute Gasteiger partial charge is 0.369 e. The molecule has 0 atom stereocenters. The van der Waals surface area contributed by atoms with Crippen LogP contribution in [0.3, 0.4) is 0 Å². The normalized spacial score (nSPS) is 10.5. The minimum absolute atomic E-state index is 0.276. The predicted molar refractivity (Wildman–Crippen MR) is 74.7 cm³/mol. The molecule has 0 aliphatic heterocycles. The van der Waals surface area contributed by atoms with E-state index in [-0.39, 0.29) is 12.3 Å². The third kappa shape index (κ3) is 4.24. The van der Waals surface area contributed by atoms with Crippen LogP contribution >= 0.6 is 23.5 Å². The molecule has 0 fully saturated rings. The number of aromatic nitrogens is 1. The zero-order chi connectivity index (χ0) is 12.8. The van der Waals surface area contributed by atoms with E-state index in [2.05, 4.69) is 18.8 Å². The average Bonchev–Trinajstić information content (AvgIpc) is 2.23. The third-order valence-corrected chi connectivity index (χ3v) is 3.97. The Morgan fingerprint density at radius 1 is 1.35 bits per heavy atom. The van der Waals surface area contributed by atoms with Crippen molar-refractivity contribution < 1.29 is 4.79 Å². The maximum atomic E-state index is 11.1. The molecule has 1 amide bonds. The number of nitrogens with zero attached hydrogens (tertiary/aromatic N) is 1. The molecule has 94 valence electrons. The van der Waals surface area contributed by atoms with Crippen LogP contribution in [-0.4, -0.2) is 22.4 Å². The van der Waals surface area contributed by atoms with Crippen molar-refractivity contribution in [1.29, 1.82) is 0 Å². The molecule has 0 unspecified atom stereocenters. The molecule has 1 aromatic heterocycles. The van der Waals surface area contributed by atoms with E-state index >= 15 is 0 Å². The van der Waals surface area contributed by atoms with Gasteiger partial charge in [0.15, 0.2) is 0 Å². The van der Waals surface area contributed by atoms with Gasteiger partial charge in [0.25, 0.3) is 0 Å². The van der Waals surface area contributed by atoms with E-state index < -0.39 is 0 Å². The third-order valence-electron chi connectivity index (χ3n) is 2.11. The first-order chi connectivity index (χ1) is 8.08. The number of aryl methyl sites for hydroxylation is 1. The van der Waals surface area contributed by atoms with Crippen molar-refractivity contribution in [3.05, 3.63) is 17.3 Å². The number of carbonyl (C=O) groups is 1. The summed E-state index contributed by atoms with van der Waals surface area (Å²) in [5.41, 5.74) is 7.29. The minimum atomic E-state index is -0.299. The molecule has 1 rings (SSSR count). The Labute approximate surface area is 111 Å². The zero-order valence-corrected chi connectivity index (χ0v) is 12.1. The number of hydrogen-bond donors (Lipinski definition) is 1. The first-order valence-electron chi connectivity index (χ1n) is 5.62. The summed E-state index contributed by atoms with van der Waals surface area (Å²) >= 11 is 3.40. The van der Waals surface area contributed by atoms with Gasteiger partial charge in [0.1, 0.15) is 5.03 Å². The number of primary amides is 1. The summed E-state index contributed by atoms with van der Waals surface area (Å²) in [6.45, 7) is 6.16. The second-order valence-electron chi connectivity index (χ2n) is 3.55. The quantitative estimate of drug-likeness (QED) is 0.807. The molecule has 2 N–H and O–H groups in total. The lowest BCUT2D eigenvalue weighted by molar-refractivity contribution is -0.117. The van der Waals surface area contributed by atoms with Crippen LogP contribution in [0.5, 0.6) is 0 Å². The highest BCUT2D eigenvalue weighted by Crippen LogP contribution is 2.31. The zero-order valence-electron chi connectivity index (χ0n) is 10.4. The maximum absolute atomic E-state index is 11.1. The van der Waals surface area contributed by atoms with E-state index in [0.29, 0.717) is 0 Å². The first kappa shape index (κ1) is 14.4. The van der Waals surface area contributed by atoms with Crippen molar-refractivity contribution in [2.45, 2.75) is 37.1 Å². The molecular formula is C12H18N2OS2. The Morgan fingerprint density at radius 3 is 2.53 bits per heavy atom.